The highest BCUT2D eigenvalue weighted by molar-refractivity contribution is 6.31. The first-order valence-electron chi connectivity index (χ1n) is 8.52. The third kappa shape index (κ3) is 3.61. The van der Waals surface area contributed by atoms with Gasteiger partial charge < -0.3 is 14.7 Å². The van der Waals surface area contributed by atoms with Crippen molar-refractivity contribution in [1.29, 1.82) is 0 Å². The largest absolute Gasteiger partial charge is 0.489 e. The number of amides is 1. The number of hydrogen-bond donors (Lipinski definition) is 1. The van der Waals surface area contributed by atoms with E-state index in [0.29, 0.717) is 28.6 Å². The highest BCUT2D eigenvalue weighted by Crippen LogP contribution is 2.44. The van der Waals surface area contributed by atoms with Gasteiger partial charge in [-0.2, -0.15) is 0 Å². The van der Waals surface area contributed by atoms with Crippen LogP contribution in [0.1, 0.15) is 24.5 Å². The van der Waals surface area contributed by atoms with Crippen LogP contribution in [0.2, 0.25) is 5.02 Å². The van der Waals surface area contributed by atoms with E-state index in [0.717, 1.165) is 5.56 Å². The van der Waals surface area contributed by atoms with Crippen molar-refractivity contribution in [3.63, 3.8) is 0 Å². The Kier molecular flexibility index (Phi) is 5.35. The number of Topliss-reactive ketones (excluding diaryl/α,β-unsaturated/α-hetero) is 1. The van der Waals surface area contributed by atoms with E-state index in [2.05, 4.69) is 6.58 Å². The average Bonchev–Trinajstić information content (AvgIpc) is 2.82. The minimum absolute atomic E-state index is 0.195. The molecule has 0 saturated heterocycles. The molecule has 0 radical (unpaired) electrons. The minimum Gasteiger partial charge on any atom is -0.489 e. The van der Waals surface area contributed by atoms with E-state index in [-0.39, 0.29) is 18.7 Å². The molecule has 0 spiro atoms. The molecule has 27 heavy (non-hydrogen) atoms. The third-order valence-corrected chi connectivity index (χ3v) is 4.69. The monoisotopic (exact) mass is 385 g/mol. The van der Waals surface area contributed by atoms with Crippen LogP contribution >= 0.6 is 11.6 Å². The molecule has 1 heterocycles. The van der Waals surface area contributed by atoms with E-state index < -0.39 is 11.5 Å². The molecule has 6 heteroatoms. The zero-order chi connectivity index (χ0) is 19.6. The number of nitrogens with zero attached hydrogens (tertiary/aromatic N) is 1. The number of para-hydroxylation sites is 1. The Morgan fingerprint density at radius 2 is 2.07 bits per heavy atom. The highest BCUT2D eigenvalue weighted by atomic mass is 35.5. The van der Waals surface area contributed by atoms with Gasteiger partial charge in [0.05, 0.1) is 12.2 Å². The van der Waals surface area contributed by atoms with Gasteiger partial charge in [-0.25, -0.2) is 0 Å². The Morgan fingerprint density at radius 1 is 1.33 bits per heavy atom. The summed E-state index contributed by atoms with van der Waals surface area (Å²) in [5.41, 5.74) is -0.254. The van der Waals surface area contributed by atoms with E-state index in [9.17, 15) is 14.7 Å². The standard InChI is InChI=1S/C21H20ClNO4/c1-3-10-27-19-7-5-4-6-15(19)13-23-18-9-8-16(22)11-17(18)21(26,20(23)25)12-14(2)24/h3-9,11,26H,1,10,12-13H2,2H3/t21-/m1/s1. The van der Waals surface area contributed by atoms with Gasteiger partial charge in [0, 0.05) is 22.6 Å². The Labute approximate surface area is 162 Å². The predicted molar refractivity (Wildman–Crippen MR) is 104 cm³/mol. The lowest BCUT2D eigenvalue weighted by Gasteiger charge is -2.23. The summed E-state index contributed by atoms with van der Waals surface area (Å²) in [6.07, 6.45) is 1.34. The summed E-state index contributed by atoms with van der Waals surface area (Å²) >= 11 is 6.07. The van der Waals surface area contributed by atoms with Gasteiger partial charge in [0.15, 0.2) is 5.60 Å². The second kappa shape index (κ2) is 7.55. The molecule has 3 rings (SSSR count). The smallest absolute Gasteiger partial charge is 0.264 e. The lowest BCUT2D eigenvalue weighted by atomic mass is 9.90. The second-order valence-electron chi connectivity index (χ2n) is 6.50. The zero-order valence-electron chi connectivity index (χ0n) is 14.9. The van der Waals surface area contributed by atoms with E-state index in [4.69, 9.17) is 16.3 Å². The molecular formula is C21H20ClNO4. The Hall–Kier alpha value is -2.63. The van der Waals surface area contributed by atoms with Gasteiger partial charge in [0.2, 0.25) is 0 Å². The third-order valence-electron chi connectivity index (χ3n) is 4.46. The van der Waals surface area contributed by atoms with Crippen molar-refractivity contribution in [2.24, 2.45) is 0 Å². The van der Waals surface area contributed by atoms with Crippen LogP contribution in [0.3, 0.4) is 0 Å². The normalized spacial score (nSPS) is 18.3. The summed E-state index contributed by atoms with van der Waals surface area (Å²) in [5, 5.41) is 11.4. The Balaban J connectivity index is 2.02. The van der Waals surface area contributed by atoms with E-state index >= 15 is 0 Å². The fourth-order valence-corrected chi connectivity index (χ4v) is 3.48. The van der Waals surface area contributed by atoms with Gasteiger partial charge in [0.1, 0.15) is 18.1 Å². The molecule has 5 nitrogen and oxygen atoms in total. The first-order chi connectivity index (χ1) is 12.9. The number of halogens is 1. The fraction of sp³-hybridized carbons (Fsp3) is 0.238. The van der Waals surface area contributed by atoms with Crippen LogP contribution in [-0.4, -0.2) is 23.4 Å². The minimum atomic E-state index is -1.91. The molecule has 1 aliphatic rings. The van der Waals surface area contributed by atoms with Crippen LogP contribution in [0.15, 0.2) is 55.1 Å². The van der Waals surface area contributed by atoms with Crippen LogP contribution < -0.4 is 9.64 Å². The zero-order valence-corrected chi connectivity index (χ0v) is 15.7. The molecule has 2 aromatic rings. The topological polar surface area (TPSA) is 66.8 Å². The number of ether oxygens (including phenoxy) is 1. The maximum Gasteiger partial charge on any atom is 0.264 e. The summed E-state index contributed by atoms with van der Waals surface area (Å²) in [6.45, 7) is 5.52. The second-order valence-corrected chi connectivity index (χ2v) is 6.94. The van der Waals surface area contributed by atoms with Gasteiger partial charge in [0.25, 0.3) is 5.91 Å². The van der Waals surface area contributed by atoms with Crippen LogP contribution in [0.25, 0.3) is 0 Å². The summed E-state index contributed by atoms with van der Waals surface area (Å²) in [7, 11) is 0. The number of ketones is 1. The molecule has 0 aromatic heterocycles. The van der Waals surface area contributed by atoms with Crippen LogP contribution in [-0.2, 0) is 21.7 Å². The Bertz CT molecular complexity index is 911. The van der Waals surface area contributed by atoms with E-state index in [1.54, 1.807) is 18.2 Å². The lowest BCUT2D eigenvalue weighted by Crippen LogP contribution is -2.41. The number of rotatable bonds is 7. The van der Waals surface area contributed by atoms with Gasteiger partial charge >= 0.3 is 0 Å². The Morgan fingerprint density at radius 3 is 2.78 bits per heavy atom. The quantitative estimate of drug-likeness (QED) is 0.739. The van der Waals surface area contributed by atoms with Crippen LogP contribution in [0.4, 0.5) is 5.69 Å². The van der Waals surface area contributed by atoms with Crippen molar-refractivity contribution in [1.82, 2.24) is 0 Å². The maximum absolute atomic E-state index is 13.1. The maximum atomic E-state index is 13.1. The lowest BCUT2D eigenvalue weighted by molar-refractivity contribution is -0.141. The number of hydrogen-bond acceptors (Lipinski definition) is 4. The molecule has 1 amide bonds. The molecule has 140 valence electrons. The molecule has 1 aliphatic heterocycles. The molecular weight excluding hydrogens is 366 g/mol. The number of carbonyl (C=O) groups excluding carboxylic acids is 2. The number of carbonyl (C=O) groups is 2. The van der Waals surface area contributed by atoms with E-state index in [1.165, 1.54) is 17.9 Å². The fourth-order valence-electron chi connectivity index (χ4n) is 3.31. The SMILES string of the molecule is C=CCOc1ccccc1CN1C(=O)[C@@](O)(CC(C)=O)c2cc(Cl)ccc21. The van der Waals surface area contributed by atoms with Gasteiger partial charge in [-0.15, -0.1) is 0 Å². The van der Waals surface area contributed by atoms with E-state index in [1.807, 2.05) is 24.3 Å². The molecule has 0 bridgehead atoms. The van der Waals surface area contributed by atoms with Crippen molar-refractivity contribution in [3.05, 3.63) is 71.3 Å². The van der Waals surface area contributed by atoms with Gasteiger partial charge in [-0.1, -0.05) is 42.5 Å². The van der Waals surface area contributed by atoms with Crippen LogP contribution in [0, 0.1) is 0 Å². The summed E-state index contributed by atoms with van der Waals surface area (Å²) in [4.78, 5) is 26.2. The predicted octanol–water partition coefficient (Wildman–Crippen LogP) is 3.62. The number of fused-ring (bicyclic) bond motifs is 1. The molecule has 0 unspecified atom stereocenters. The van der Waals surface area contributed by atoms with Gasteiger partial charge in [-0.05, 0) is 31.2 Å². The molecule has 0 aliphatic carbocycles. The van der Waals surface area contributed by atoms with Crippen LogP contribution in [0.5, 0.6) is 5.75 Å². The highest BCUT2D eigenvalue weighted by Gasteiger charge is 2.50. The first kappa shape index (κ1) is 19.1. The molecule has 1 atom stereocenters. The number of anilines is 1. The molecule has 0 fully saturated rings. The molecule has 1 N–H and O–H groups in total. The number of aliphatic hydroxyl groups is 1. The van der Waals surface area contributed by atoms with Crippen molar-refractivity contribution in [2.75, 3.05) is 11.5 Å². The molecule has 0 saturated carbocycles. The summed E-state index contributed by atoms with van der Waals surface area (Å²) < 4.78 is 5.66. The first-order valence-corrected chi connectivity index (χ1v) is 8.90. The average molecular weight is 386 g/mol. The summed E-state index contributed by atoms with van der Waals surface area (Å²) in [5.74, 6) is -0.204. The van der Waals surface area contributed by atoms with Crippen molar-refractivity contribution >= 4 is 29.0 Å². The van der Waals surface area contributed by atoms with Crippen molar-refractivity contribution in [2.45, 2.75) is 25.5 Å². The number of benzene rings is 2. The molecule has 2 aromatic carbocycles. The summed E-state index contributed by atoms with van der Waals surface area (Å²) in [6, 6.07) is 12.2. The van der Waals surface area contributed by atoms with Crippen molar-refractivity contribution in [3.8, 4) is 5.75 Å². The van der Waals surface area contributed by atoms with Crippen molar-refractivity contribution < 1.29 is 19.4 Å². The van der Waals surface area contributed by atoms with Gasteiger partial charge in [-0.3, -0.25) is 9.59 Å².